The summed E-state index contributed by atoms with van der Waals surface area (Å²) in [6.07, 6.45) is 5.66. The van der Waals surface area contributed by atoms with Crippen molar-refractivity contribution in [1.82, 2.24) is 9.29 Å². The highest BCUT2D eigenvalue weighted by Gasteiger charge is 2.23. The first-order valence-electron chi connectivity index (χ1n) is 5.98. The van der Waals surface area contributed by atoms with Gasteiger partial charge in [0.05, 0.1) is 5.69 Å². The first-order chi connectivity index (χ1) is 8.59. The Kier molecular flexibility index (Phi) is 4.58. The van der Waals surface area contributed by atoms with Gasteiger partial charge in [0, 0.05) is 19.3 Å². The van der Waals surface area contributed by atoms with E-state index in [2.05, 4.69) is 25.6 Å². The lowest BCUT2D eigenvalue weighted by Gasteiger charge is -2.20. The molecular weight excluding hydrogens is 318 g/mol. The number of nitrogens with one attached hydrogen (secondary N) is 1. The Labute approximate surface area is 116 Å². The molecule has 100 valence electrons. The SMILES string of the molecule is O=S(=O)(Nc1cccnc1Br)N1CCCCCC1. The van der Waals surface area contributed by atoms with Crippen molar-refractivity contribution in [3.8, 4) is 0 Å². The molecule has 0 atom stereocenters. The summed E-state index contributed by atoms with van der Waals surface area (Å²) in [6.45, 7) is 1.18. The second-order valence-electron chi connectivity index (χ2n) is 4.26. The van der Waals surface area contributed by atoms with E-state index in [9.17, 15) is 8.42 Å². The third-order valence-corrected chi connectivity index (χ3v) is 5.06. The van der Waals surface area contributed by atoms with Crippen LogP contribution in [0, 0.1) is 0 Å². The lowest BCUT2D eigenvalue weighted by atomic mass is 10.2. The third kappa shape index (κ3) is 3.43. The molecule has 0 radical (unpaired) electrons. The maximum absolute atomic E-state index is 12.2. The molecule has 1 aliphatic heterocycles. The molecule has 5 nitrogen and oxygen atoms in total. The van der Waals surface area contributed by atoms with E-state index in [1.165, 1.54) is 4.31 Å². The second kappa shape index (κ2) is 5.99. The molecule has 0 aromatic carbocycles. The molecule has 0 amide bonds. The molecule has 1 aliphatic rings. The molecule has 0 unspecified atom stereocenters. The Morgan fingerprint density at radius 1 is 1.22 bits per heavy atom. The van der Waals surface area contributed by atoms with Crippen molar-refractivity contribution >= 4 is 31.8 Å². The predicted molar refractivity (Wildman–Crippen MR) is 74.5 cm³/mol. The van der Waals surface area contributed by atoms with E-state index in [0.29, 0.717) is 23.4 Å². The first-order valence-corrected chi connectivity index (χ1v) is 8.21. The molecule has 2 rings (SSSR count). The van der Waals surface area contributed by atoms with E-state index in [1.807, 2.05) is 0 Å². The van der Waals surface area contributed by atoms with Gasteiger partial charge in [0.1, 0.15) is 4.60 Å². The zero-order chi connectivity index (χ0) is 13.0. The summed E-state index contributed by atoms with van der Waals surface area (Å²) in [6, 6.07) is 3.39. The van der Waals surface area contributed by atoms with E-state index >= 15 is 0 Å². The predicted octanol–water partition coefficient (Wildman–Crippen LogP) is 2.38. The van der Waals surface area contributed by atoms with Crippen LogP contribution in [0.3, 0.4) is 0 Å². The summed E-state index contributed by atoms with van der Waals surface area (Å²) in [5.74, 6) is 0. The zero-order valence-electron chi connectivity index (χ0n) is 9.97. The van der Waals surface area contributed by atoms with E-state index in [0.717, 1.165) is 25.7 Å². The van der Waals surface area contributed by atoms with Crippen molar-refractivity contribution < 1.29 is 8.42 Å². The zero-order valence-corrected chi connectivity index (χ0v) is 12.4. The van der Waals surface area contributed by atoms with Crippen LogP contribution in [0.25, 0.3) is 0 Å². The number of hydrogen-bond donors (Lipinski definition) is 1. The van der Waals surface area contributed by atoms with Crippen LogP contribution in [0.15, 0.2) is 22.9 Å². The van der Waals surface area contributed by atoms with Crippen molar-refractivity contribution in [1.29, 1.82) is 0 Å². The van der Waals surface area contributed by atoms with Crippen LogP contribution >= 0.6 is 15.9 Å². The van der Waals surface area contributed by atoms with Crippen LogP contribution in [0.4, 0.5) is 5.69 Å². The molecule has 0 spiro atoms. The number of nitrogens with zero attached hydrogens (tertiary/aromatic N) is 2. The monoisotopic (exact) mass is 333 g/mol. The van der Waals surface area contributed by atoms with Gasteiger partial charge in [0.2, 0.25) is 0 Å². The minimum atomic E-state index is -3.47. The van der Waals surface area contributed by atoms with Crippen LogP contribution < -0.4 is 4.72 Å². The first kappa shape index (κ1) is 13.8. The number of rotatable bonds is 3. The highest BCUT2D eigenvalue weighted by atomic mass is 79.9. The maximum atomic E-state index is 12.2. The quantitative estimate of drug-likeness (QED) is 0.864. The number of aromatic nitrogens is 1. The normalized spacial score (nSPS) is 18.3. The Morgan fingerprint density at radius 3 is 2.50 bits per heavy atom. The molecule has 0 aliphatic carbocycles. The lowest BCUT2D eigenvalue weighted by molar-refractivity contribution is 0.427. The fraction of sp³-hybridized carbons (Fsp3) is 0.545. The van der Waals surface area contributed by atoms with Gasteiger partial charge in [0.25, 0.3) is 0 Å². The Hall–Kier alpha value is -0.660. The van der Waals surface area contributed by atoms with Gasteiger partial charge in [0.15, 0.2) is 0 Å². The van der Waals surface area contributed by atoms with Gasteiger partial charge in [-0.3, -0.25) is 4.72 Å². The minimum absolute atomic E-state index is 0.474. The van der Waals surface area contributed by atoms with Gasteiger partial charge in [-0.05, 0) is 40.9 Å². The van der Waals surface area contributed by atoms with Gasteiger partial charge in [-0.2, -0.15) is 12.7 Å². The Balaban J connectivity index is 2.13. The summed E-state index contributed by atoms with van der Waals surface area (Å²) in [4.78, 5) is 4.00. The van der Waals surface area contributed by atoms with Crippen molar-refractivity contribution in [2.45, 2.75) is 25.7 Å². The van der Waals surface area contributed by atoms with Crippen molar-refractivity contribution in [2.24, 2.45) is 0 Å². The molecular formula is C11H16BrN3O2S. The summed E-state index contributed by atoms with van der Waals surface area (Å²) < 4.78 is 29.0. The molecule has 1 aromatic rings. The molecule has 1 fully saturated rings. The molecule has 1 N–H and O–H groups in total. The van der Waals surface area contributed by atoms with E-state index in [-0.39, 0.29) is 0 Å². The van der Waals surface area contributed by atoms with Crippen molar-refractivity contribution in [3.63, 3.8) is 0 Å². The van der Waals surface area contributed by atoms with Crippen molar-refractivity contribution in [2.75, 3.05) is 17.8 Å². The molecule has 1 saturated heterocycles. The number of pyridine rings is 1. The molecule has 1 aromatic heterocycles. The summed E-state index contributed by atoms with van der Waals surface area (Å²) in [5.41, 5.74) is 0.474. The summed E-state index contributed by atoms with van der Waals surface area (Å²) in [5, 5.41) is 0. The average molecular weight is 334 g/mol. The minimum Gasteiger partial charge on any atom is -0.268 e. The van der Waals surface area contributed by atoms with E-state index in [1.54, 1.807) is 18.3 Å². The fourth-order valence-electron chi connectivity index (χ4n) is 1.95. The van der Waals surface area contributed by atoms with Gasteiger partial charge >= 0.3 is 10.2 Å². The highest BCUT2D eigenvalue weighted by molar-refractivity contribution is 9.10. The van der Waals surface area contributed by atoms with E-state index < -0.39 is 10.2 Å². The molecule has 18 heavy (non-hydrogen) atoms. The number of hydrogen-bond acceptors (Lipinski definition) is 3. The van der Waals surface area contributed by atoms with Gasteiger partial charge < -0.3 is 0 Å². The third-order valence-electron chi connectivity index (χ3n) is 2.90. The lowest BCUT2D eigenvalue weighted by Crippen LogP contribution is -2.36. The largest absolute Gasteiger partial charge is 0.301 e. The Morgan fingerprint density at radius 2 is 1.89 bits per heavy atom. The Bertz CT molecular complexity index is 499. The number of halogens is 1. The molecule has 2 heterocycles. The van der Waals surface area contributed by atoms with E-state index in [4.69, 9.17) is 0 Å². The second-order valence-corrected chi connectivity index (χ2v) is 6.68. The van der Waals surface area contributed by atoms with Crippen LogP contribution in [0.1, 0.15) is 25.7 Å². The van der Waals surface area contributed by atoms with Crippen LogP contribution in [0.2, 0.25) is 0 Å². The topological polar surface area (TPSA) is 62.3 Å². The van der Waals surface area contributed by atoms with Gasteiger partial charge in [-0.25, -0.2) is 4.98 Å². The maximum Gasteiger partial charge on any atom is 0.301 e. The molecule has 0 bridgehead atoms. The van der Waals surface area contributed by atoms with Crippen molar-refractivity contribution in [3.05, 3.63) is 22.9 Å². The highest BCUT2D eigenvalue weighted by Crippen LogP contribution is 2.21. The van der Waals surface area contributed by atoms with Crippen LogP contribution in [0.5, 0.6) is 0 Å². The van der Waals surface area contributed by atoms with Gasteiger partial charge in [-0.1, -0.05) is 12.8 Å². The average Bonchev–Trinajstić information content (AvgIpc) is 2.61. The summed E-state index contributed by atoms with van der Waals surface area (Å²) >= 11 is 3.23. The summed E-state index contributed by atoms with van der Waals surface area (Å²) in [7, 11) is -3.47. The molecule has 0 saturated carbocycles. The number of anilines is 1. The van der Waals surface area contributed by atoms with Crippen LogP contribution in [-0.4, -0.2) is 30.8 Å². The van der Waals surface area contributed by atoms with Crippen LogP contribution in [-0.2, 0) is 10.2 Å². The van der Waals surface area contributed by atoms with Gasteiger partial charge in [-0.15, -0.1) is 0 Å². The fourth-order valence-corrected chi connectivity index (χ4v) is 3.74. The standard InChI is InChI=1S/C11H16BrN3O2S/c12-11-10(6-5-7-13-11)14-18(16,17)15-8-3-1-2-4-9-15/h5-7,14H,1-4,8-9H2. The molecule has 7 heteroatoms. The smallest absolute Gasteiger partial charge is 0.268 e.